The predicted octanol–water partition coefficient (Wildman–Crippen LogP) is 4.89. The average molecular weight is 477 g/mol. The van der Waals surface area contributed by atoms with Gasteiger partial charge in [0, 0.05) is 17.7 Å². The highest BCUT2D eigenvalue weighted by molar-refractivity contribution is 6.33. The number of rotatable bonds is 4. The molecular formula is C25H18ClFN4O3. The third kappa shape index (κ3) is 3.68. The summed E-state index contributed by atoms with van der Waals surface area (Å²) in [5, 5.41) is 9.55. The second-order valence-electron chi connectivity index (χ2n) is 8.27. The van der Waals surface area contributed by atoms with Gasteiger partial charge in [0.05, 0.1) is 40.6 Å². The van der Waals surface area contributed by atoms with Crippen LogP contribution in [0.25, 0.3) is 33.5 Å². The number of ether oxygens (including phenoxy) is 3. The molecule has 0 saturated carbocycles. The summed E-state index contributed by atoms with van der Waals surface area (Å²) in [6.07, 6.45) is 0.640. The molecule has 0 amide bonds. The molecule has 9 heteroatoms. The van der Waals surface area contributed by atoms with Crippen LogP contribution in [0.15, 0.2) is 48.5 Å². The Hall–Kier alpha value is -3.51. The van der Waals surface area contributed by atoms with Crippen LogP contribution in [-0.4, -0.2) is 46.5 Å². The van der Waals surface area contributed by atoms with Crippen LogP contribution in [0, 0.1) is 17.1 Å². The first kappa shape index (κ1) is 21.1. The molecular weight excluding hydrogens is 459 g/mol. The molecule has 1 N–H and O–H groups in total. The number of nitrogens with one attached hydrogen (secondary N) is 1. The Balaban J connectivity index is 1.28. The molecule has 2 aliphatic heterocycles. The number of benzene rings is 2. The van der Waals surface area contributed by atoms with Crippen molar-refractivity contribution in [1.29, 1.82) is 5.26 Å². The first-order valence-electron chi connectivity index (χ1n) is 10.9. The minimum Gasteiger partial charge on any atom is -0.456 e. The molecule has 3 atom stereocenters. The molecule has 7 nitrogen and oxygen atoms in total. The smallest absolute Gasteiger partial charge is 0.296 e. The standard InChI is InChI=1S/C25H18ClFN4O3/c26-17-10-19-24(31-25(29-19)34-21-12-33-20-7-8-32-23(20)21)30-22(17)15-4-2-14(3-5-15)16-9-13(11-28)1-6-18(16)27/h1-6,9-10,20-21,23H,7-8,12H2,(H,29,30,31). The molecule has 0 aliphatic carbocycles. The molecule has 170 valence electrons. The van der Waals surface area contributed by atoms with Crippen LogP contribution >= 0.6 is 11.6 Å². The number of H-pyrrole nitrogens is 1. The number of aromatic amines is 1. The van der Waals surface area contributed by atoms with Gasteiger partial charge in [-0.1, -0.05) is 35.9 Å². The average Bonchev–Trinajstić information content (AvgIpc) is 3.56. The second-order valence-corrected chi connectivity index (χ2v) is 8.68. The maximum absolute atomic E-state index is 14.3. The Morgan fingerprint density at radius 1 is 1.09 bits per heavy atom. The molecule has 2 aliphatic rings. The summed E-state index contributed by atoms with van der Waals surface area (Å²) in [4.78, 5) is 12.2. The van der Waals surface area contributed by atoms with E-state index in [1.165, 1.54) is 18.2 Å². The fraction of sp³-hybridized carbons (Fsp3) is 0.240. The lowest BCUT2D eigenvalue weighted by molar-refractivity contribution is 0.0273. The maximum Gasteiger partial charge on any atom is 0.296 e. The van der Waals surface area contributed by atoms with Gasteiger partial charge in [0.1, 0.15) is 11.9 Å². The lowest BCUT2D eigenvalue weighted by Crippen LogP contribution is -2.32. The Labute approximate surface area is 199 Å². The van der Waals surface area contributed by atoms with E-state index in [-0.39, 0.29) is 18.3 Å². The van der Waals surface area contributed by atoms with Crippen molar-refractivity contribution >= 4 is 22.8 Å². The normalized spacial score (nSPS) is 21.5. The highest BCUT2D eigenvalue weighted by Gasteiger charge is 2.43. The van der Waals surface area contributed by atoms with Crippen molar-refractivity contribution in [1.82, 2.24) is 15.0 Å². The third-order valence-electron chi connectivity index (χ3n) is 6.15. The van der Waals surface area contributed by atoms with Crippen molar-refractivity contribution < 1.29 is 18.6 Å². The number of imidazole rings is 1. The molecule has 4 aromatic rings. The van der Waals surface area contributed by atoms with E-state index in [1.807, 2.05) is 18.2 Å². The zero-order valence-electron chi connectivity index (χ0n) is 17.8. The van der Waals surface area contributed by atoms with E-state index in [9.17, 15) is 4.39 Å². The molecule has 4 heterocycles. The zero-order chi connectivity index (χ0) is 23.2. The van der Waals surface area contributed by atoms with E-state index in [2.05, 4.69) is 15.0 Å². The van der Waals surface area contributed by atoms with Gasteiger partial charge >= 0.3 is 0 Å². The van der Waals surface area contributed by atoms with Gasteiger partial charge in [-0.05, 0) is 36.2 Å². The number of halogens is 2. The highest BCUT2D eigenvalue weighted by Crippen LogP contribution is 2.33. The first-order valence-corrected chi connectivity index (χ1v) is 11.2. The monoisotopic (exact) mass is 476 g/mol. The first-order chi connectivity index (χ1) is 16.6. The van der Waals surface area contributed by atoms with Crippen molar-refractivity contribution in [2.45, 2.75) is 24.7 Å². The van der Waals surface area contributed by atoms with Crippen molar-refractivity contribution in [3.63, 3.8) is 0 Å². The number of aromatic nitrogens is 3. The Morgan fingerprint density at radius 3 is 2.74 bits per heavy atom. The minimum atomic E-state index is -0.393. The van der Waals surface area contributed by atoms with E-state index in [1.54, 1.807) is 18.2 Å². The lowest BCUT2D eigenvalue weighted by Gasteiger charge is -2.15. The summed E-state index contributed by atoms with van der Waals surface area (Å²) in [6.45, 7) is 1.13. The topological polar surface area (TPSA) is 93.1 Å². The third-order valence-corrected chi connectivity index (χ3v) is 6.44. The van der Waals surface area contributed by atoms with Crippen LogP contribution in [0.4, 0.5) is 4.39 Å². The molecule has 2 fully saturated rings. The summed E-state index contributed by atoms with van der Waals surface area (Å²) in [7, 11) is 0. The summed E-state index contributed by atoms with van der Waals surface area (Å²) in [5.74, 6) is -0.393. The van der Waals surface area contributed by atoms with Gasteiger partial charge in [-0.15, -0.1) is 0 Å². The second kappa shape index (κ2) is 8.37. The predicted molar refractivity (Wildman–Crippen MR) is 123 cm³/mol. The summed E-state index contributed by atoms with van der Waals surface area (Å²) >= 11 is 6.52. The number of hydrogen-bond acceptors (Lipinski definition) is 6. The van der Waals surface area contributed by atoms with Crippen LogP contribution in [0.2, 0.25) is 5.02 Å². The van der Waals surface area contributed by atoms with E-state index in [0.717, 1.165) is 12.0 Å². The summed E-state index contributed by atoms with van der Waals surface area (Å²) < 4.78 is 31.7. The summed E-state index contributed by atoms with van der Waals surface area (Å²) in [5.41, 5.74) is 3.83. The van der Waals surface area contributed by atoms with Crippen LogP contribution in [0.5, 0.6) is 6.01 Å². The quantitative estimate of drug-likeness (QED) is 0.450. The molecule has 3 unspecified atom stereocenters. The van der Waals surface area contributed by atoms with Gasteiger partial charge in [0.2, 0.25) is 0 Å². The number of nitrogens with zero attached hydrogens (tertiary/aromatic N) is 3. The Kier molecular flexibility index (Phi) is 5.18. The van der Waals surface area contributed by atoms with Crippen LogP contribution in [0.1, 0.15) is 12.0 Å². The van der Waals surface area contributed by atoms with Crippen molar-refractivity contribution in [2.75, 3.05) is 13.2 Å². The van der Waals surface area contributed by atoms with Crippen molar-refractivity contribution in [3.05, 3.63) is 64.9 Å². The van der Waals surface area contributed by atoms with Gasteiger partial charge in [-0.3, -0.25) is 0 Å². The fourth-order valence-corrected chi connectivity index (χ4v) is 4.71. The van der Waals surface area contributed by atoms with Crippen molar-refractivity contribution in [2.24, 2.45) is 0 Å². The fourth-order valence-electron chi connectivity index (χ4n) is 4.45. The Bertz CT molecular complexity index is 1430. The number of nitriles is 1. The zero-order valence-corrected chi connectivity index (χ0v) is 18.6. The molecule has 6 rings (SSSR count). The van der Waals surface area contributed by atoms with Gasteiger partial charge in [-0.2, -0.15) is 10.2 Å². The largest absolute Gasteiger partial charge is 0.456 e. The van der Waals surface area contributed by atoms with Gasteiger partial charge in [0.15, 0.2) is 11.8 Å². The van der Waals surface area contributed by atoms with Gasteiger partial charge in [0.25, 0.3) is 6.01 Å². The molecule has 2 aromatic heterocycles. The molecule has 0 radical (unpaired) electrons. The molecule has 2 saturated heterocycles. The van der Waals surface area contributed by atoms with Crippen molar-refractivity contribution in [3.8, 4) is 34.5 Å². The lowest BCUT2D eigenvalue weighted by atomic mass is 10.0. The van der Waals surface area contributed by atoms with Gasteiger partial charge < -0.3 is 19.2 Å². The maximum atomic E-state index is 14.3. The van der Waals surface area contributed by atoms with E-state index in [0.29, 0.717) is 57.8 Å². The molecule has 0 spiro atoms. The van der Waals surface area contributed by atoms with Crippen LogP contribution in [0.3, 0.4) is 0 Å². The highest BCUT2D eigenvalue weighted by atomic mass is 35.5. The van der Waals surface area contributed by atoms with Crippen LogP contribution in [-0.2, 0) is 9.47 Å². The van der Waals surface area contributed by atoms with E-state index < -0.39 is 5.82 Å². The van der Waals surface area contributed by atoms with Gasteiger partial charge in [-0.25, -0.2) is 9.37 Å². The Morgan fingerprint density at radius 2 is 1.91 bits per heavy atom. The molecule has 0 bridgehead atoms. The van der Waals surface area contributed by atoms with E-state index in [4.69, 9.17) is 31.1 Å². The minimum absolute atomic E-state index is 0.0763. The number of hydrogen-bond donors (Lipinski definition) is 1. The molecule has 34 heavy (non-hydrogen) atoms. The van der Waals surface area contributed by atoms with E-state index >= 15 is 0 Å². The number of pyridine rings is 1. The van der Waals surface area contributed by atoms with Crippen LogP contribution < -0.4 is 4.74 Å². The summed E-state index contributed by atoms with van der Waals surface area (Å²) in [6, 6.07) is 15.6. The number of fused-ring (bicyclic) bond motifs is 2. The SMILES string of the molecule is N#Cc1ccc(F)c(-c2ccc(-c3nc4nc(OC5COC6CCOC65)[nH]c4cc3Cl)cc2)c1. The molecule has 2 aromatic carbocycles.